The summed E-state index contributed by atoms with van der Waals surface area (Å²) >= 11 is 0. The van der Waals surface area contributed by atoms with Crippen molar-refractivity contribution in [1.29, 1.82) is 0 Å². The first-order chi connectivity index (χ1) is 9.33. The lowest BCUT2D eigenvalue weighted by Gasteiger charge is -2.04. The van der Waals surface area contributed by atoms with Gasteiger partial charge in [0, 0.05) is 13.2 Å². The number of anilines is 1. The highest BCUT2D eigenvalue weighted by Crippen LogP contribution is 2.30. The van der Waals surface area contributed by atoms with E-state index in [-0.39, 0.29) is 0 Å². The molecule has 5 nitrogen and oxygen atoms in total. The van der Waals surface area contributed by atoms with Gasteiger partial charge in [-0.1, -0.05) is 12.1 Å². The van der Waals surface area contributed by atoms with Crippen LogP contribution < -0.4 is 10.1 Å². The summed E-state index contributed by atoms with van der Waals surface area (Å²) in [6.45, 7) is 0. The number of aromatic amines is 1. The molecule has 0 spiro atoms. The van der Waals surface area contributed by atoms with Crippen LogP contribution in [0.3, 0.4) is 0 Å². The van der Waals surface area contributed by atoms with Crippen molar-refractivity contribution in [3.8, 4) is 17.1 Å². The molecule has 0 amide bonds. The molecule has 0 radical (unpaired) electrons. The summed E-state index contributed by atoms with van der Waals surface area (Å²) in [6.07, 6.45) is 1.75. The van der Waals surface area contributed by atoms with Gasteiger partial charge in [-0.15, -0.1) is 0 Å². The number of nitrogens with zero attached hydrogens (tertiary/aromatic N) is 2. The van der Waals surface area contributed by atoms with Crippen molar-refractivity contribution < 1.29 is 4.74 Å². The number of aromatic nitrogens is 3. The molecule has 5 heteroatoms. The van der Waals surface area contributed by atoms with Crippen molar-refractivity contribution in [1.82, 2.24) is 15.0 Å². The molecule has 0 saturated carbocycles. The first-order valence-corrected chi connectivity index (χ1v) is 5.99. The Bertz CT molecular complexity index is 720. The molecule has 2 N–H and O–H groups in total. The van der Waals surface area contributed by atoms with Crippen LogP contribution in [0.4, 0.5) is 5.82 Å². The minimum atomic E-state index is 0.759. The van der Waals surface area contributed by atoms with E-state index in [9.17, 15) is 0 Å². The van der Waals surface area contributed by atoms with E-state index in [4.69, 9.17) is 4.74 Å². The molecule has 0 atom stereocenters. The van der Waals surface area contributed by atoms with Crippen molar-refractivity contribution in [2.24, 2.45) is 0 Å². The number of methoxy groups -OCH3 is 1. The molecule has 0 fully saturated rings. The summed E-state index contributed by atoms with van der Waals surface area (Å²) in [5.41, 5.74) is 2.70. The average Bonchev–Trinajstić information content (AvgIpc) is 2.90. The predicted octanol–water partition coefficient (Wildman–Crippen LogP) is 2.68. The van der Waals surface area contributed by atoms with E-state index in [1.54, 1.807) is 13.3 Å². The van der Waals surface area contributed by atoms with Gasteiger partial charge in [0.15, 0.2) is 5.82 Å². The second kappa shape index (κ2) is 4.61. The highest BCUT2D eigenvalue weighted by molar-refractivity contribution is 5.88. The van der Waals surface area contributed by atoms with Gasteiger partial charge in [-0.05, 0) is 18.2 Å². The summed E-state index contributed by atoms with van der Waals surface area (Å²) < 4.78 is 5.36. The van der Waals surface area contributed by atoms with Gasteiger partial charge in [-0.2, -0.15) is 0 Å². The maximum atomic E-state index is 5.36. The molecule has 0 bridgehead atoms. The molecule has 2 aromatic heterocycles. The van der Waals surface area contributed by atoms with Gasteiger partial charge in [0.1, 0.15) is 17.1 Å². The number of hydrogen-bond donors (Lipinski definition) is 2. The number of para-hydroxylation sites is 1. The molecular weight excluding hydrogens is 240 g/mol. The standard InChI is InChI=1S/C14H14N4O/c1-15-14-12-10(7-8-16-14)17-13(18-12)9-5-3-4-6-11(9)19-2/h3-8H,1-2H3,(H,15,16)(H,17,18). The molecule has 0 unspecified atom stereocenters. The van der Waals surface area contributed by atoms with Crippen molar-refractivity contribution in [2.45, 2.75) is 0 Å². The quantitative estimate of drug-likeness (QED) is 0.754. The third-order valence-corrected chi connectivity index (χ3v) is 3.00. The lowest BCUT2D eigenvalue weighted by atomic mass is 10.2. The van der Waals surface area contributed by atoms with Gasteiger partial charge in [0.25, 0.3) is 0 Å². The molecule has 2 heterocycles. The normalized spacial score (nSPS) is 10.6. The number of fused-ring (bicyclic) bond motifs is 1. The zero-order valence-electron chi connectivity index (χ0n) is 10.8. The second-order valence-corrected chi connectivity index (χ2v) is 4.09. The van der Waals surface area contributed by atoms with Crippen LogP contribution in [0.25, 0.3) is 22.4 Å². The Hall–Kier alpha value is -2.56. The Morgan fingerprint density at radius 2 is 2.05 bits per heavy atom. The Balaban J connectivity index is 2.21. The number of rotatable bonds is 3. The van der Waals surface area contributed by atoms with Gasteiger partial charge >= 0.3 is 0 Å². The SMILES string of the molecule is CNc1nccc2[nH]c(-c3ccccc3OC)nc12. The predicted molar refractivity (Wildman–Crippen MR) is 75.4 cm³/mol. The number of ether oxygens (including phenoxy) is 1. The maximum absolute atomic E-state index is 5.36. The molecule has 0 aliphatic heterocycles. The fourth-order valence-corrected chi connectivity index (χ4v) is 2.09. The lowest BCUT2D eigenvalue weighted by molar-refractivity contribution is 0.416. The highest BCUT2D eigenvalue weighted by atomic mass is 16.5. The number of imidazole rings is 1. The molecule has 0 aliphatic rings. The molecular formula is C14H14N4O. The minimum Gasteiger partial charge on any atom is -0.496 e. The van der Waals surface area contributed by atoms with Crippen LogP contribution in [-0.4, -0.2) is 29.1 Å². The number of benzene rings is 1. The maximum Gasteiger partial charge on any atom is 0.153 e. The number of H-pyrrole nitrogens is 1. The average molecular weight is 254 g/mol. The smallest absolute Gasteiger partial charge is 0.153 e. The Morgan fingerprint density at radius 3 is 2.84 bits per heavy atom. The Kier molecular flexibility index (Phi) is 2.79. The number of pyridine rings is 1. The zero-order chi connectivity index (χ0) is 13.2. The third kappa shape index (κ3) is 1.89. The topological polar surface area (TPSA) is 62.8 Å². The van der Waals surface area contributed by atoms with Crippen LogP contribution in [0.15, 0.2) is 36.5 Å². The van der Waals surface area contributed by atoms with E-state index in [0.29, 0.717) is 0 Å². The molecule has 0 saturated heterocycles. The van der Waals surface area contributed by atoms with E-state index >= 15 is 0 Å². The van der Waals surface area contributed by atoms with Crippen LogP contribution in [0.5, 0.6) is 5.75 Å². The fourth-order valence-electron chi connectivity index (χ4n) is 2.09. The second-order valence-electron chi connectivity index (χ2n) is 4.09. The van der Waals surface area contributed by atoms with E-state index in [0.717, 1.165) is 34.0 Å². The Labute approximate surface area is 110 Å². The van der Waals surface area contributed by atoms with Crippen molar-refractivity contribution in [3.05, 3.63) is 36.5 Å². The van der Waals surface area contributed by atoms with Crippen LogP contribution >= 0.6 is 0 Å². The molecule has 19 heavy (non-hydrogen) atoms. The van der Waals surface area contributed by atoms with Crippen LogP contribution in [0.2, 0.25) is 0 Å². The zero-order valence-corrected chi connectivity index (χ0v) is 10.8. The molecule has 3 aromatic rings. The van der Waals surface area contributed by atoms with Gasteiger partial charge in [0.05, 0.1) is 18.2 Å². The van der Waals surface area contributed by atoms with Gasteiger partial charge in [-0.25, -0.2) is 9.97 Å². The van der Waals surface area contributed by atoms with Gasteiger partial charge in [-0.3, -0.25) is 0 Å². The van der Waals surface area contributed by atoms with Crippen LogP contribution in [-0.2, 0) is 0 Å². The molecule has 1 aromatic carbocycles. The summed E-state index contributed by atoms with van der Waals surface area (Å²) in [7, 11) is 3.49. The van der Waals surface area contributed by atoms with E-state index < -0.39 is 0 Å². The minimum absolute atomic E-state index is 0.759. The monoisotopic (exact) mass is 254 g/mol. The first kappa shape index (κ1) is 11.5. The number of nitrogens with one attached hydrogen (secondary N) is 2. The summed E-state index contributed by atoms with van der Waals surface area (Å²) in [5, 5.41) is 3.04. The van der Waals surface area contributed by atoms with E-state index in [1.165, 1.54) is 0 Å². The fraction of sp³-hybridized carbons (Fsp3) is 0.143. The summed E-state index contributed by atoms with van der Waals surface area (Å²) in [6, 6.07) is 9.69. The summed E-state index contributed by atoms with van der Waals surface area (Å²) in [5.74, 6) is 2.33. The van der Waals surface area contributed by atoms with Crippen molar-refractivity contribution >= 4 is 16.9 Å². The highest BCUT2D eigenvalue weighted by Gasteiger charge is 2.12. The molecule has 3 rings (SSSR count). The van der Waals surface area contributed by atoms with Crippen molar-refractivity contribution in [3.63, 3.8) is 0 Å². The van der Waals surface area contributed by atoms with Gasteiger partial charge in [0.2, 0.25) is 0 Å². The molecule has 0 aliphatic carbocycles. The largest absolute Gasteiger partial charge is 0.496 e. The van der Waals surface area contributed by atoms with Crippen molar-refractivity contribution in [2.75, 3.05) is 19.5 Å². The lowest BCUT2D eigenvalue weighted by Crippen LogP contribution is -1.92. The Morgan fingerprint density at radius 1 is 1.21 bits per heavy atom. The third-order valence-electron chi connectivity index (χ3n) is 3.00. The number of hydrogen-bond acceptors (Lipinski definition) is 4. The van der Waals surface area contributed by atoms with Gasteiger partial charge < -0.3 is 15.0 Å². The van der Waals surface area contributed by atoms with E-state index in [1.807, 2.05) is 37.4 Å². The van der Waals surface area contributed by atoms with E-state index in [2.05, 4.69) is 20.3 Å². The van der Waals surface area contributed by atoms with Crippen LogP contribution in [0, 0.1) is 0 Å². The molecule has 96 valence electrons. The first-order valence-electron chi connectivity index (χ1n) is 5.99. The van der Waals surface area contributed by atoms with Crippen LogP contribution in [0.1, 0.15) is 0 Å². The summed E-state index contributed by atoms with van der Waals surface area (Å²) in [4.78, 5) is 12.1.